The maximum Gasteiger partial charge on any atom is 0.334 e. The molecule has 0 saturated carbocycles. The Morgan fingerprint density at radius 2 is 2.53 bits per heavy atom. The van der Waals surface area contributed by atoms with Crippen molar-refractivity contribution in [3.63, 3.8) is 0 Å². The molecule has 6 heteroatoms. The SMILES string of the molecule is COC/C=C1\O[C@@H]2CC(=O)N2[C@H]1C(=O)O. The molecular weight excluding hydrogens is 202 g/mol. The van der Waals surface area contributed by atoms with Gasteiger partial charge in [0.05, 0.1) is 13.0 Å². The van der Waals surface area contributed by atoms with Crippen LogP contribution >= 0.6 is 0 Å². The van der Waals surface area contributed by atoms with Crippen LogP contribution in [0.15, 0.2) is 11.8 Å². The molecule has 0 spiro atoms. The van der Waals surface area contributed by atoms with Gasteiger partial charge in [0, 0.05) is 7.11 Å². The number of rotatable bonds is 3. The second-order valence-corrected chi connectivity index (χ2v) is 3.38. The average Bonchev–Trinajstić information content (AvgIpc) is 2.47. The minimum absolute atomic E-state index is 0.187. The molecule has 0 bridgehead atoms. The predicted octanol–water partition coefficient (Wildman–Crippen LogP) is -0.442. The van der Waals surface area contributed by atoms with Gasteiger partial charge in [-0.3, -0.25) is 9.69 Å². The van der Waals surface area contributed by atoms with Gasteiger partial charge in [-0.05, 0) is 6.08 Å². The number of hydrogen-bond acceptors (Lipinski definition) is 4. The van der Waals surface area contributed by atoms with Crippen LogP contribution in [0.5, 0.6) is 0 Å². The summed E-state index contributed by atoms with van der Waals surface area (Å²) in [5.41, 5.74) is 0. The van der Waals surface area contributed by atoms with Crippen molar-refractivity contribution >= 4 is 11.9 Å². The van der Waals surface area contributed by atoms with Crippen molar-refractivity contribution in [2.75, 3.05) is 13.7 Å². The number of methoxy groups -OCH3 is 1. The van der Waals surface area contributed by atoms with E-state index in [1.807, 2.05) is 0 Å². The Morgan fingerprint density at radius 1 is 1.80 bits per heavy atom. The number of nitrogens with zero attached hydrogens (tertiary/aromatic N) is 1. The summed E-state index contributed by atoms with van der Waals surface area (Å²) in [5, 5.41) is 8.97. The quantitative estimate of drug-likeness (QED) is 0.643. The summed E-state index contributed by atoms with van der Waals surface area (Å²) >= 11 is 0. The van der Waals surface area contributed by atoms with E-state index >= 15 is 0 Å². The molecule has 6 nitrogen and oxygen atoms in total. The Kier molecular flexibility index (Phi) is 2.36. The molecule has 0 radical (unpaired) electrons. The van der Waals surface area contributed by atoms with Gasteiger partial charge in [-0.2, -0.15) is 0 Å². The number of β-lactam (4-membered cyclic amide) rings is 1. The van der Waals surface area contributed by atoms with E-state index in [0.29, 0.717) is 5.76 Å². The second-order valence-electron chi connectivity index (χ2n) is 3.38. The lowest BCUT2D eigenvalue weighted by Gasteiger charge is -2.33. The fraction of sp³-hybridized carbons (Fsp3) is 0.556. The Morgan fingerprint density at radius 3 is 3.07 bits per heavy atom. The topological polar surface area (TPSA) is 76.1 Å². The van der Waals surface area contributed by atoms with Crippen LogP contribution in [0.4, 0.5) is 0 Å². The highest BCUT2D eigenvalue weighted by Gasteiger charge is 2.53. The van der Waals surface area contributed by atoms with Gasteiger partial charge in [-0.15, -0.1) is 0 Å². The van der Waals surface area contributed by atoms with Crippen LogP contribution in [0.25, 0.3) is 0 Å². The zero-order valence-corrected chi connectivity index (χ0v) is 8.17. The van der Waals surface area contributed by atoms with Gasteiger partial charge >= 0.3 is 5.97 Å². The molecule has 0 aromatic rings. The summed E-state index contributed by atoms with van der Waals surface area (Å²) in [6, 6.07) is -0.980. The van der Waals surface area contributed by atoms with Crippen molar-refractivity contribution in [1.29, 1.82) is 0 Å². The molecule has 2 aliphatic heterocycles. The molecule has 0 unspecified atom stereocenters. The lowest BCUT2D eigenvalue weighted by Crippen LogP contribution is -2.54. The maximum atomic E-state index is 11.2. The smallest absolute Gasteiger partial charge is 0.334 e. The summed E-state index contributed by atoms with van der Waals surface area (Å²) < 4.78 is 10.1. The molecule has 2 aliphatic rings. The molecule has 82 valence electrons. The van der Waals surface area contributed by atoms with Crippen LogP contribution in [0, 0.1) is 0 Å². The second kappa shape index (κ2) is 3.54. The van der Waals surface area contributed by atoms with Crippen molar-refractivity contribution < 1.29 is 24.2 Å². The van der Waals surface area contributed by atoms with Crippen molar-refractivity contribution in [3.8, 4) is 0 Å². The van der Waals surface area contributed by atoms with Crippen molar-refractivity contribution in [2.45, 2.75) is 18.7 Å². The highest BCUT2D eigenvalue weighted by atomic mass is 16.5. The van der Waals surface area contributed by atoms with Crippen LogP contribution < -0.4 is 0 Å². The Bertz CT molecular complexity index is 337. The normalized spacial score (nSPS) is 31.1. The molecule has 0 aromatic heterocycles. The summed E-state index contributed by atoms with van der Waals surface area (Å²) in [6.45, 7) is 0.272. The summed E-state index contributed by atoms with van der Waals surface area (Å²) in [5.74, 6) is -0.971. The maximum absolute atomic E-state index is 11.2. The van der Waals surface area contributed by atoms with E-state index in [4.69, 9.17) is 14.6 Å². The van der Waals surface area contributed by atoms with Crippen LogP contribution in [-0.2, 0) is 19.1 Å². The molecule has 2 saturated heterocycles. The molecule has 2 heterocycles. The minimum Gasteiger partial charge on any atom is -0.479 e. The Hall–Kier alpha value is -1.56. The number of hydrogen-bond donors (Lipinski definition) is 1. The highest BCUT2D eigenvalue weighted by molar-refractivity contribution is 5.91. The standard InChI is InChI=1S/C9H11NO5/c1-14-3-2-5-8(9(12)13)10-6(11)4-7(10)15-5/h2,7-8H,3-4H2,1H3,(H,12,13)/b5-2-/t7-,8-/m1/s1. The van der Waals surface area contributed by atoms with E-state index in [1.165, 1.54) is 12.0 Å². The van der Waals surface area contributed by atoms with E-state index < -0.39 is 18.2 Å². The monoisotopic (exact) mass is 213 g/mol. The lowest BCUT2D eigenvalue weighted by molar-refractivity contribution is -0.163. The predicted molar refractivity (Wildman–Crippen MR) is 47.7 cm³/mol. The van der Waals surface area contributed by atoms with Gasteiger partial charge in [0.15, 0.2) is 12.3 Å². The number of carbonyl (C=O) groups is 2. The van der Waals surface area contributed by atoms with E-state index in [1.54, 1.807) is 6.08 Å². The number of ether oxygens (including phenoxy) is 2. The molecule has 2 atom stereocenters. The first-order valence-corrected chi connectivity index (χ1v) is 4.54. The average molecular weight is 213 g/mol. The van der Waals surface area contributed by atoms with Crippen molar-refractivity contribution in [2.24, 2.45) is 0 Å². The van der Waals surface area contributed by atoms with E-state index in [-0.39, 0.29) is 18.9 Å². The van der Waals surface area contributed by atoms with Crippen molar-refractivity contribution in [3.05, 3.63) is 11.8 Å². The number of aliphatic carboxylic acids is 1. The van der Waals surface area contributed by atoms with Crippen LogP contribution in [0.2, 0.25) is 0 Å². The third-order valence-corrected chi connectivity index (χ3v) is 2.45. The fourth-order valence-corrected chi connectivity index (χ4v) is 1.73. The molecule has 1 N–H and O–H groups in total. The number of carboxylic acids is 1. The van der Waals surface area contributed by atoms with Gasteiger partial charge in [0.2, 0.25) is 5.91 Å². The molecular formula is C9H11NO5. The van der Waals surface area contributed by atoms with Gasteiger partial charge in [0.1, 0.15) is 5.76 Å². The van der Waals surface area contributed by atoms with E-state index in [0.717, 1.165) is 0 Å². The number of fused-ring (bicyclic) bond motifs is 1. The van der Waals surface area contributed by atoms with Gasteiger partial charge in [0.25, 0.3) is 0 Å². The fourth-order valence-electron chi connectivity index (χ4n) is 1.73. The Labute approximate surface area is 86.1 Å². The minimum atomic E-state index is -1.08. The molecule has 1 amide bonds. The molecule has 2 fully saturated rings. The van der Waals surface area contributed by atoms with Gasteiger partial charge in [-0.1, -0.05) is 0 Å². The first-order chi connectivity index (χ1) is 7.15. The van der Waals surface area contributed by atoms with Gasteiger partial charge < -0.3 is 14.6 Å². The third kappa shape index (κ3) is 1.46. The van der Waals surface area contributed by atoms with Crippen LogP contribution in [0.3, 0.4) is 0 Å². The van der Waals surface area contributed by atoms with E-state index in [9.17, 15) is 9.59 Å². The summed E-state index contributed by atoms with van der Waals surface area (Å²) in [7, 11) is 1.50. The van der Waals surface area contributed by atoms with Crippen molar-refractivity contribution in [1.82, 2.24) is 4.90 Å². The number of carboxylic acid groups (broad SMARTS) is 1. The first kappa shape index (κ1) is 9.97. The summed E-state index contributed by atoms with van der Waals surface area (Å²) in [6.07, 6.45) is 1.40. The largest absolute Gasteiger partial charge is 0.479 e. The van der Waals surface area contributed by atoms with E-state index in [2.05, 4.69) is 0 Å². The number of carbonyl (C=O) groups excluding carboxylic acids is 1. The van der Waals surface area contributed by atoms with Gasteiger partial charge in [-0.25, -0.2) is 4.79 Å². The molecule has 2 rings (SSSR count). The zero-order valence-electron chi connectivity index (χ0n) is 8.17. The van der Waals surface area contributed by atoms with Crippen LogP contribution in [-0.4, -0.2) is 47.9 Å². The zero-order chi connectivity index (χ0) is 11.0. The highest BCUT2D eigenvalue weighted by Crippen LogP contribution is 2.36. The molecule has 15 heavy (non-hydrogen) atoms. The summed E-state index contributed by atoms with van der Waals surface area (Å²) in [4.78, 5) is 23.4. The molecule has 0 aliphatic carbocycles. The Balaban J connectivity index is 2.19. The lowest BCUT2D eigenvalue weighted by atomic mass is 10.1. The van der Waals surface area contributed by atoms with Crippen LogP contribution in [0.1, 0.15) is 6.42 Å². The molecule has 0 aromatic carbocycles. The number of amides is 1. The third-order valence-electron chi connectivity index (χ3n) is 2.45. The first-order valence-electron chi connectivity index (χ1n) is 4.54.